The van der Waals surface area contributed by atoms with Crippen LogP contribution in [-0.4, -0.2) is 11.9 Å². The molecule has 0 bridgehead atoms. The van der Waals surface area contributed by atoms with Crippen molar-refractivity contribution < 1.29 is 14.3 Å². The topological polar surface area (TPSA) is 43.4 Å². The van der Waals surface area contributed by atoms with Gasteiger partial charge >= 0.3 is 11.9 Å². The molecule has 0 spiro atoms. The van der Waals surface area contributed by atoms with E-state index in [4.69, 9.17) is 4.74 Å². The first kappa shape index (κ1) is 27.6. The molecule has 3 heteroatoms. The largest absolute Gasteiger partial charge is 0.386 e. The summed E-state index contributed by atoms with van der Waals surface area (Å²) in [6, 6.07) is 0. The van der Waals surface area contributed by atoms with Crippen molar-refractivity contribution in [3.63, 3.8) is 0 Å². The van der Waals surface area contributed by atoms with Gasteiger partial charge in [0.15, 0.2) is 0 Å². The third kappa shape index (κ3) is 17.2. The van der Waals surface area contributed by atoms with Gasteiger partial charge in [-0.2, -0.15) is 0 Å². The summed E-state index contributed by atoms with van der Waals surface area (Å²) < 4.78 is 4.94. The molecular formula is C26H46O3. The minimum absolute atomic E-state index is 0.393. The molecule has 3 nitrogen and oxygen atoms in total. The fourth-order valence-electron chi connectivity index (χ4n) is 3.38. The Morgan fingerprint density at radius 1 is 0.517 bits per heavy atom. The summed E-state index contributed by atoms with van der Waals surface area (Å²) in [6.07, 6.45) is 20.6. The van der Waals surface area contributed by atoms with Crippen LogP contribution in [0.4, 0.5) is 0 Å². The quantitative estimate of drug-likeness (QED) is 0.0885. The lowest BCUT2D eigenvalue weighted by atomic mass is 10.0. The van der Waals surface area contributed by atoms with E-state index < -0.39 is 11.9 Å². The maximum Gasteiger partial charge on any atom is 0.341 e. The second-order valence-corrected chi connectivity index (χ2v) is 8.33. The summed E-state index contributed by atoms with van der Waals surface area (Å²) in [7, 11) is 0. The summed E-state index contributed by atoms with van der Waals surface area (Å²) in [5.74, 6) is -1.18. The van der Waals surface area contributed by atoms with E-state index in [2.05, 4.69) is 27.0 Å². The Hall–Kier alpha value is -1.38. The molecule has 0 heterocycles. The molecule has 0 rings (SSSR count). The number of ether oxygens (including phenoxy) is 1. The second kappa shape index (κ2) is 19.9. The van der Waals surface area contributed by atoms with Crippen molar-refractivity contribution in [1.82, 2.24) is 0 Å². The molecule has 0 aromatic rings. The summed E-state index contributed by atoms with van der Waals surface area (Å²) in [5, 5.41) is 0. The maximum absolute atomic E-state index is 12.0. The van der Waals surface area contributed by atoms with Gasteiger partial charge in [-0.1, -0.05) is 117 Å². The average molecular weight is 407 g/mol. The molecule has 0 aliphatic rings. The Kier molecular flexibility index (Phi) is 19.0. The van der Waals surface area contributed by atoms with Crippen LogP contribution in [0.25, 0.3) is 0 Å². The first-order valence-electron chi connectivity index (χ1n) is 12.1. The van der Waals surface area contributed by atoms with Gasteiger partial charge in [0.25, 0.3) is 0 Å². The predicted octanol–water partition coefficient (Wildman–Crippen LogP) is 8.23. The van der Waals surface area contributed by atoms with Crippen LogP contribution in [0.5, 0.6) is 0 Å². The van der Waals surface area contributed by atoms with Crippen LogP contribution < -0.4 is 0 Å². The molecule has 0 aliphatic carbocycles. The lowest BCUT2D eigenvalue weighted by Gasteiger charge is -2.08. The van der Waals surface area contributed by atoms with Crippen LogP contribution >= 0.6 is 0 Å². The minimum atomic E-state index is -0.588. The Morgan fingerprint density at radius 2 is 0.793 bits per heavy atom. The van der Waals surface area contributed by atoms with Gasteiger partial charge < -0.3 is 4.74 Å². The number of carbonyl (C=O) groups excluding carboxylic acids is 2. The van der Waals surface area contributed by atoms with E-state index in [0.29, 0.717) is 24.0 Å². The van der Waals surface area contributed by atoms with Crippen LogP contribution in [0, 0.1) is 0 Å². The average Bonchev–Trinajstić information content (AvgIpc) is 2.71. The first-order chi connectivity index (χ1) is 14.0. The fraction of sp³-hybridized carbons (Fsp3) is 0.769. The first-order valence-corrected chi connectivity index (χ1v) is 12.1. The zero-order chi connectivity index (χ0) is 21.7. The zero-order valence-electron chi connectivity index (χ0n) is 19.4. The van der Waals surface area contributed by atoms with Gasteiger partial charge in [0, 0.05) is 11.1 Å². The number of hydrogen-bond acceptors (Lipinski definition) is 3. The van der Waals surface area contributed by atoms with Gasteiger partial charge in [-0.25, -0.2) is 9.59 Å². The van der Waals surface area contributed by atoms with Crippen LogP contribution in [0.3, 0.4) is 0 Å². The summed E-state index contributed by atoms with van der Waals surface area (Å²) >= 11 is 0. The molecule has 0 N–H and O–H groups in total. The van der Waals surface area contributed by atoms with Crippen molar-refractivity contribution in [2.24, 2.45) is 0 Å². The number of carbonyl (C=O) groups is 2. The summed E-state index contributed by atoms with van der Waals surface area (Å²) in [4.78, 5) is 24.0. The van der Waals surface area contributed by atoms with Crippen molar-refractivity contribution >= 4 is 11.9 Å². The molecule has 0 saturated heterocycles. The van der Waals surface area contributed by atoms with Gasteiger partial charge in [-0.15, -0.1) is 0 Å². The minimum Gasteiger partial charge on any atom is -0.386 e. The van der Waals surface area contributed by atoms with Crippen LogP contribution in [0.15, 0.2) is 24.3 Å². The number of rotatable bonds is 20. The van der Waals surface area contributed by atoms with Crippen LogP contribution in [-0.2, 0) is 14.3 Å². The molecule has 0 radical (unpaired) electrons. The van der Waals surface area contributed by atoms with Gasteiger partial charge in [-0.3, -0.25) is 0 Å². The zero-order valence-corrected chi connectivity index (χ0v) is 19.4. The Balaban J connectivity index is 3.73. The highest BCUT2D eigenvalue weighted by molar-refractivity contribution is 6.01. The van der Waals surface area contributed by atoms with E-state index in [9.17, 15) is 9.59 Å². The Bertz CT molecular complexity index is 423. The van der Waals surface area contributed by atoms with Gasteiger partial charge in [0.05, 0.1) is 0 Å². The van der Waals surface area contributed by atoms with E-state index >= 15 is 0 Å². The lowest BCUT2D eigenvalue weighted by Crippen LogP contribution is -2.15. The Labute approximate surface area is 180 Å². The van der Waals surface area contributed by atoms with Crippen LogP contribution in [0.1, 0.15) is 129 Å². The SMILES string of the molecule is C=C(CCCCCCCCCC)C(=O)OC(=O)C(=C)CCCCCCCCCC. The summed E-state index contributed by atoms with van der Waals surface area (Å²) in [6.45, 7) is 12.0. The Morgan fingerprint density at radius 3 is 1.10 bits per heavy atom. The standard InChI is InChI=1S/C26H46O3/c1-5-7-9-11-13-15-17-19-21-23(3)25(27)29-26(28)24(4)22-20-18-16-14-12-10-8-6-2/h3-22H2,1-2H3. The molecule has 29 heavy (non-hydrogen) atoms. The molecular weight excluding hydrogens is 360 g/mol. The van der Waals surface area contributed by atoms with Crippen molar-refractivity contribution in [3.8, 4) is 0 Å². The molecule has 168 valence electrons. The maximum atomic E-state index is 12.0. The van der Waals surface area contributed by atoms with Crippen molar-refractivity contribution in [3.05, 3.63) is 24.3 Å². The second-order valence-electron chi connectivity index (χ2n) is 8.33. The number of unbranched alkanes of at least 4 members (excludes halogenated alkanes) is 14. The summed E-state index contributed by atoms with van der Waals surface area (Å²) in [5.41, 5.74) is 0.786. The van der Waals surface area contributed by atoms with Crippen molar-refractivity contribution in [2.75, 3.05) is 0 Å². The fourth-order valence-corrected chi connectivity index (χ4v) is 3.38. The van der Waals surface area contributed by atoms with E-state index in [1.54, 1.807) is 0 Å². The van der Waals surface area contributed by atoms with E-state index in [-0.39, 0.29) is 0 Å². The monoisotopic (exact) mass is 406 g/mol. The normalized spacial score (nSPS) is 10.7. The third-order valence-corrected chi connectivity index (χ3v) is 5.43. The molecule has 0 aromatic carbocycles. The predicted molar refractivity (Wildman–Crippen MR) is 124 cm³/mol. The third-order valence-electron chi connectivity index (χ3n) is 5.43. The molecule has 0 atom stereocenters. The van der Waals surface area contributed by atoms with E-state index in [1.165, 1.54) is 77.0 Å². The highest BCUT2D eigenvalue weighted by Crippen LogP contribution is 2.15. The molecule has 0 amide bonds. The van der Waals surface area contributed by atoms with Crippen molar-refractivity contribution in [2.45, 2.75) is 129 Å². The smallest absolute Gasteiger partial charge is 0.341 e. The molecule has 0 fully saturated rings. The number of esters is 2. The van der Waals surface area contributed by atoms with Gasteiger partial charge in [0.1, 0.15) is 0 Å². The molecule has 0 aromatic heterocycles. The van der Waals surface area contributed by atoms with E-state index in [0.717, 1.165) is 25.7 Å². The van der Waals surface area contributed by atoms with Gasteiger partial charge in [-0.05, 0) is 25.7 Å². The molecule has 0 aliphatic heterocycles. The van der Waals surface area contributed by atoms with Gasteiger partial charge in [0.2, 0.25) is 0 Å². The van der Waals surface area contributed by atoms with Crippen LogP contribution in [0.2, 0.25) is 0 Å². The highest BCUT2D eigenvalue weighted by atomic mass is 16.6. The molecule has 0 unspecified atom stereocenters. The van der Waals surface area contributed by atoms with E-state index in [1.807, 2.05) is 0 Å². The van der Waals surface area contributed by atoms with Crippen molar-refractivity contribution in [1.29, 1.82) is 0 Å². The highest BCUT2D eigenvalue weighted by Gasteiger charge is 2.16. The molecule has 0 saturated carbocycles. The lowest BCUT2D eigenvalue weighted by molar-refractivity contribution is -0.154. The number of hydrogen-bond donors (Lipinski definition) is 0.